The average molecular weight is 380 g/mol. The third-order valence-electron chi connectivity index (χ3n) is 4.71. The van der Waals surface area contributed by atoms with E-state index in [1.807, 2.05) is 0 Å². The van der Waals surface area contributed by atoms with Gasteiger partial charge in [-0.1, -0.05) is 32.1 Å². The molecule has 0 spiro atoms. The Labute approximate surface area is 159 Å². The van der Waals surface area contributed by atoms with Crippen molar-refractivity contribution in [1.29, 1.82) is 0 Å². The summed E-state index contributed by atoms with van der Waals surface area (Å²) in [4.78, 5) is 23.7. The van der Waals surface area contributed by atoms with Crippen molar-refractivity contribution < 1.29 is 23.9 Å². The van der Waals surface area contributed by atoms with Crippen LogP contribution in [0.4, 0.5) is 5.69 Å². The lowest BCUT2D eigenvalue weighted by Crippen LogP contribution is -2.35. The molecule has 0 saturated heterocycles. The highest BCUT2D eigenvalue weighted by Gasteiger charge is 2.26. The number of nitro benzene ring substituents is 1. The van der Waals surface area contributed by atoms with Crippen molar-refractivity contribution in [3.8, 4) is 11.5 Å². The van der Waals surface area contributed by atoms with Crippen molar-refractivity contribution in [1.82, 2.24) is 5.32 Å². The molecule has 1 aromatic rings. The Morgan fingerprint density at radius 3 is 2.37 bits per heavy atom. The summed E-state index contributed by atoms with van der Waals surface area (Å²) in [6.07, 6.45) is 7.46. The summed E-state index contributed by atoms with van der Waals surface area (Å²) >= 11 is 0. The molecule has 150 valence electrons. The third kappa shape index (κ3) is 6.09. The van der Waals surface area contributed by atoms with E-state index in [1.165, 1.54) is 32.8 Å². The fraction of sp³-hybridized carbons (Fsp3) is 0.632. The van der Waals surface area contributed by atoms with E-state index < -0.39 is 10.8 Å². The molecule has 0 radical (unpaired) electrons. The highest BCUT2D eigenvalue weighted by Crippen LogP contribution is 2.35. The van der Waals surface area contributed by atoms with Gasteiger partial charge in [0.15, 0.2) is 11.5 Å². The quantitative estimate of drug-likeness (QED) is 0.421. The van der Waals surface area contributed by atoms with Crippen LogP contribution in [0.2, 0.25) is 0 Å². The number of hydrogen-bond donors (Lipinski definition) is 1. The van der Waals surface area contributed by atoms with Gasteiger partial charge < -0.3 is 19.5 Å². The van der Waals surface area contributed by atoms with E-state index in [0.29, 0.717) is 6.61 Å². The van der Waals surface area contributed by atoms with Gasteiger partial charge in [-0.2, -0.15) is 0 Å². The minimum Gasteiger partial charge on any atom is -0.493 e. The number of ether oxygens (including phenoxy) is 3. The molecule has 8 nitrogen and oxygen atoms in total. The zero-order valence-corrected chi connectivity index (χ0v) is 16.0. The Bertz CT molecular complexity index is 641. The summed E-state index contributed by atoms with van der Waals surface area (Å²) in [6, 6.07) is 2.65. The zero-order valence-electron chi connectivity index (χ0n) is 16.0. The van der Waals surface area contributed by atoms with Crippen LogP contribution in [0.1, 0.15) is 55.3 Å². The molecule has 0 unspecified atom stereocenters. The summed E-state index contributed by atoms with van der Waals surface area (Å²) in [5, 5.41) is 14.5. The normalized spacial score (nSPS) is 15.5. The summed E-state index contributed by atoms with van der Waals surface area (Å²) in [5.74, 6) is 0.0392. The van der Waals surface area contributed by atoms with Crippen LogP contribution >= 0.6 is 0 Å². The molecule has 1 aliphatic carbocycles. The predicted octanol–water partition coefficient (Wildman–Crippen LogP) is 3.47. The van der Waals surface area contributed by atoms with Crippen LogP contribution in [0.3, 0.4) is 0 Å². The number of nitro groups is 1. The minimum atomic E-state index is -0.574. The van der Waals surface area contributed by atoms with Crippen LogP contribution in [0.25, 0.3) is 0 Å². The van der Waals surface area contributed by atoms with Crippen LogP contribution in [0, 0.1) is 10.1 Å². The van der Waals surface area contributed by atoms with Gasteiger partial charge in [-0.25, -0.2) is 0 Å². The number of carbonyl (C=O) groups excluding carboxylic acids is 1. The third-order valence-corrected chi connectivity index (χ3v) is 4.71. The number of nitrogens with zero attached hydrogens (tertiary/aromatic N) is 1. The monoisotopic (exact) mass is 380 g/mol. The average Bonchev–Trinajstić information content (AvgIpc) is 2.63. The van der Waals surface area contributed by atoms with E-state index in [9.17, 15) is 14.9 Å². The van der Waals surface area contributed by atoms with Crippen molar-refractivity contribution in [3.63, 3.8) is 0 Å². The molecule has 1 saturated carbocycles. The molecule has 2 rings (SSSR count). The largest absolute Gasteiger partial charge is 0.493 e. The number of nitrogens with one attached hydrogen (secondary N) is 1. The van der Waals surface area contributed by atoms with Crippen molar-refractivity contribution in [2.45, 2.75) is 51.0 Å². The molecule has 1 aliphatic rings. The van der Waals surface area contributed by atoms with E-state index >= 15 is 0 Å². The van der Waals surface area contributed by atoms with E-state index in [4.69, 9.17) is 14.2 Å². The standard InChI is InChI=1S/C19H28N2O6/c1-25-10-11-27-18-13-16(21(23)24)15(12-17(18)26-2)19(22)20-14-8-6-4-3-5-7-9-14/h12-14H,3-11H2,1-2H3,(H,20,22). The first-order valence-electron chi connectivity index (χ1n) is 9.35. The molecule has 0 heterocycles. The number of hydrogen-bond acceptors (Lipinski definition) is 6. The van der Waals surface area contributed by atoms with Gasteiger partial charge in [-0.05, 0) is 12.8 Å². The van der Waals surface area contributed by atoms with Gasteiger partial charge in [0.1, 0.15) is 12.2 Å². The first-order valence-corrected chi connectivity index (χ1v) is 9.35. The fourth-order valence-electron chi connectivity index (χ4n) is 3.25. The Balaban J connectivity index is 2.22. The number of rotatable bonds is 8. The molecule has 1 aromatic carbocycles. The molecule has 1 amide bonds. The summed E-state index contributed by atoms with van der Waals surface area (Å²) in [5.41, 5.74) is -0.315. The van der Waals surface area contributed by atoms with Gasteiger partial charge in [0, 0.05) is 19.2 Å². The van der Waals surface area contributed by atoms with Crippen molar-refractivity contribution in [2.75, 3.05) is 27.4 Å². The van der Waals surface area contributed by atoms with Gasteiger partial charge >= 0.3 is 0 Å². The lowest BCUT2D eigenvalue weighted by Gasteiger charge is -2.21. The van der Waals surface area contributed by atoms with E-state index in [0.717, 1.165) is 38.5 Å². The molecule has 27 heavy (non-hydrogen) atoms. The van der Waals surface area contributed by atoms with Crippen LogP contribution in [-0.4, -0.2) is 44.3 Å². The number of benzene rings is 1. The molecule has 0 atom stereocenters. The maximum Gasteiger partial charge on any atom is 0.286 e. The number of amides is 1. The zero-order chi connectivity index (χ0) is 19.6. The van der Waals surface area contributed by atoms with Crippen LogP contribution in [0.15, 0.2) is 12.1 Å². The van der Waals surface area contributed by atoms with E-state index in [-0.39, 0.29) is 35.4 Å². The molecule has 0 bridgehead atoms. The molecular formula is C19H28N2O6. The van der Waals surface area contributed by atoms with Gasteiger partial charge in [-0.15, -0.1) is 0 Å². The second-order valence-electron chi connectivity index (χ2n) is 6.63. The SMILES string of the molecule is COCCOc1cc([N+](=O)[O-])c(C(=O)NC2CCCCCCC2)cc1OC. The van der Waals surface area contributed by atoms with Crippen LogP contribution < -0.4 is 14.8 Å². The first-order chi connectivity index (χ1) is 13.1. The predicted molar refractivity (Wildman–Crippen MR) is 101 cm³/mol. The van der Waals surface area contributed by atoms with Gasteiger partial charge in [0.05, 0.1) is 24.7 Å². The van der Waals surface area contributed by atoms with Gasteiger partial charge in [0.2, 0.25) is 0 Å². The maximum atomic E-state index is 12.7. The second kappa shape index (κ2) is 10.7. The van der Waals surface area contributed by atoms with Crippen molar-refractivity contribution in [3.05, 3.63) is 27.8 Å². The van der Waals surface area contributed by atoms with Gasteiger partial charge in [0.25, 0.3) is 11.6 Å². The van der Waals surface area contributed by atoms with Gasteiger partial charge in [-0.3, -0.25) is 14.9 Å². The Kier molecular flexibility index (Phi) is 8.32. The topological polar surface area (TPSA) is 99.9 Å². The molecule has 8 heteroatoms. The Hall–Kier alpha value is -2.35. The molecule has 0 aromatic heterocycles. The van der Waals surface area contributed by atoms with Crippen molar-refractivity contribution in [2.24, 2.45) is 0 Å². The highest BCUT2D eigenvalue weighted by molar-refractivity contribution is 5.99. The number of carbonyl (C=O) groups is 1. The Morgan fingerprint density at radius 1 is 1.11 bits per heavy atom. The fourth-order valence-corrected chi connectivity index (χ4v) is 3.25. The van der Waals surface area contributed by atoms with Crippen LogP contribution in [0.5, 0.6) is 11.5 Å². The summed E-state index contributed by atoms with van der Waals surface area (Å²) in [7, 11) is 2.97. The molecule has 1 fully saturated rings. The Morgan fingerprint density at radius 2 is 1.78 bits per heavy atom. The lowest BCUT2D eigenvalue weighted by atomic mass is 9.96. The minimum absolute atomic E-state index is 0.0157. The molecule has 0 aliphatic heterocycles. The second-order valence-corrected chi connectivity index (χ2v) is 6.63. The van der Waals surface area contributed by atoms with E-state index in [2.05, 4.69) is 5.32 Å². The lowest BCUT2D eigenvalue weighted by molar-refractivity contribution is -0.385. The highest BCUT2D eigenvalue weighted by atomic mass is 16.6. The number of methoxy groups -OCH3 is 2. The molecule has 1 N–H and O–H groups in total. The summed E-state index contributed by atoms with van der Waals surface area (Å²) in [6.45, 7) is 0.554. The smallest absolute Gasteiger partial charge is 0.286 e. The summed E-state index contributed by atoms with van der Waals surface area (Å²) < 4.78 is 15.7. The van der Waals surface area contributed by atoms with E-state index in [1.54, 1.807) is 0 Å². The first kappa shape index (κ1) is 21.0. The van der Waals surface area contributed by atoms with Crippen LogP contribution in [-0.2, 0) is 4.74 Å². The molecular weight excluding hydrogens is 352 g/mol. The van der Waals surface area contributed by atoms with Crippen molar-refractivity contribution >= 4 is 11.6 Å². The maximum absolute atomic E-state index is 12.7.